The molecular weight excluding hydrogens is 360 g/mol. The summed E-state index contributed by atoms with van der Waals surface area (Å²) >= 11 is 0. The van der Waals surface area contributed by atoms with Crippen molar-refractivity contribution in [2.45, 2.75) is 99.5 Å². The Kier molecular flexibility index (Phi) is 5.54. The molecule has 0 bridgehead atoms. The van der Waals surface area contributed by atoms with Gasteiger partial charge in [-0.25, -0.2) is 0 Å². The molecule has 0 unspecified atom stereocenters. The maximum atomic E-state index is 13.1. The van der Waals surface area contributed by atoms with Gasteiger partial charge in [-0.2, -0.15) is 0 Å². The molecule has 0 atom stereocenters. The molecule has 0 aromatic rings. The number of alkyl halides is 3. The molecule has 0 aromatic carbocycles. The average molecular weight is 388 g/mol. The van der Waals surface area contributed by atoms with Gasteiger partial charge in [-0.1, -0.05) is 0 Å². The van der Waals surface area contributed by atoms with Crippen LogP contribution in [0, 0.1) is 0 Å². The van der Waals surface area contributed by atoms with Gasteiger partial charge < -0.3 is 0 Å². The molecule has 3 fully saturated rings. The van der Waals surface area contributed by atoms with E-state index in [1.165, 1.54) is 0 Å². The molecule has 24 heavy (non-hydrogen) atoms. The Bertz CT molecular complexity index is 490. The van der Waals surface area contributed by atoms with Gasteiger partial charge in [0.1, 0.15) is 0 Å². The van der Waals surface area contributed by atoms with Crippen molar-refractivity contribution in [2.24, 2.45) is 0 Å². The van der Waals surface area contributed by atoms with E-state index in [2.05, 4.69) is 0 Å². The van der Waals surface area contributed by atoms with Gasteiger partial charge in [0.15, 0.2) is 0 Å². The first-order valence-electron chi connectivity index (χ1n) is 9.29. The van der Waals surface area contributed by atoms with Crippen molar-refractivity contribution in [1.82, 2.24) is 0 Å². The molecule has 0 spiro atoms. The molecule has 3 aliphatic carbocycles. The molecule has 0 saturated heterocycles. The summed E-state index contributed by atoms with van der Waals surface area (Å²) in [5, 5.41) is 0. The van der Waals surface area contributed by atoms with Crippen LogP contribution in [-0.4, -0.2) is 30.9 Å². The van der Waals surface area contributed by atoms with Gasteiger partial charge in [0.05, 0.1) is 0 Å². The second-order valence-electron chi connectivity index (χ2n) is 7.78. The molecule has 0 aliphatic heterocycles. The summed E-state index contributed by atoms with van der Waals surface area (Å²) in [5.74, 6) is 0. The van der Waals surface area contributed by atoms with Crippen molar-refractivity contribution in [1.29, 1.82) is 0 Å². The van der Waals surface area contributed by atoms with E-state index in [0.717, 1.165) is 77.0 Å². The topological polar surface area (TPSA) is 43.4 Å². The van der Waals surface area contributed by atoms with Gasteiger partial charge in [-0.15, -0.1) is 0 Å². The third-order valence-electron chi connectivity index (χ3n) is 6.52. The van der Waals surface area contributed by atoms with Crippen molar-refractivity contribution < 1.29 is 25.6 Å². The molecule has 3 rings (SSSR count). The van der Waals surface area contributed by atoms with Gasteiger partial charge in [0.2, 0.25) is 0 Å². The van der Waals surface area contributed by atoms with Gasteiger partial charge >= 0.3 is 143 Å². The summed E-state index contributed by atoms with van der Waals surface area (Å²) in [6.45, 7) is 0. The Balaban J connectivity index is 2.02. The molecule has 0 heterocycles. The van der Waals surface area contributed by atoms with Crippen molar-refractivity contribution in [3.05, 3.63) is 0 Å². The summed E-state index contributed by atoms with van der Waals surface area (Å²) in [4.78, 5) is 0. The number of rotatable bonds is 5. The van der Waals surface area contributed by atoms with Crippen LogP contribution in [0.2, 0.25) is 0 Å². The van der Waals surface area contributed by atoms with Crippen LogP contribution in [0.1, 0.15) is 77.0 Å². The molecule has 142 valence electrons. The summed E-state index contributed by atoms with van der Waals surface area (Å²) in [7, 11) is -8.56. The molecule has 0 aromatic heterocycles. The summed E-state index contributed by atoms with van der Waals surface area (Å²) in [5.41, 5.74) is -5.05. The molecule has 8 heteroatoms. The third-order valence-corrected chi connectivity index (χ3v) is 14.7. The number of halogens is 3. The Hall–Kier alpha value is 0.130. The van der Waals surface area contributed by atoms with Crippen molar-refractivity contribution in [3.8, 4) is 0 Å². The van der Waals surface area contributed by atoms with E-state index in [1.54, 1.807) is 0 Å². The first-order chi connectivity index (χ1) is 11.3. The molecule has 3 saturated carbocycles. The minimum absolute atomic E-state index is 0.0841. The molecule has 3 aliphatic rings. The Labute approximate surface area is 143 Å². The van der Waals surface area contributed by atoms with Crippen LogP contribution in [0.5, 0.6) is 0 Å². The SMILES string of the molecule is O=S(=O)(O[PH](C1CCCC1)(C1CCCC1)C1CCCC1)C(F)(F)F. The second-order valence-corrected chi connectivity index (χ2v) is 14.0. The first-order valence-corrected chi connectivity index (χ1v) is 12.8. The number of hydrogen-bond acceptors (Lipinski definition) is 3. The Morgan fingerprint density at radius 2 is 1.00 bits per heavy atom. The Morgan fingerprint density at radius 3 is 1.25 bits per heavy atom. The maximum absolute atomic E-state index is 13.1. The van der Waals surface area contributed by atoms with E-state index in [9.17, 15) is 21.6 Å². The second kappa shape index (κ2) is 7.03. The van der Waals surface area contributed by atoms with Crippen molar-refractivity contribution >= 4 is 17.6 Å². The van der Waals surface area contributed by atoms with E-state index in [1.807, 2.05) is 0 Å². The molecular formula is C16H28F3O3PS. The van der Waals surface area contributed by atoms with Crippen LogP contribution in [-0.2, 0) is 14.1 Å². The van der Waals surface area contributed by atoms with E-state index in [-0.39, 0.29) is 17.0 Å². The standard InChI is InChI=1S/C16H28F3O3PS/c17-16(18,19)24(20,21)22-23(13-7-1-2-8-13,14-9-3-4-10-14)15-11-5-6-12-15/h13-15,23H,1-12H2. The first kappa shape index (κ1) is 18.9. The average Bonchev–Trinajstić information content (AvgIpc) is 3.26. The van der Waals surface area contributed by atoms with Gasteiger partial charge in [-0.05, 0) is 0 Å². The fourth-order valence-electron chi connectivity index (χ4n) is 5.57. The van der Waals surface area contributed by atoms with E-state index in [0.29, 0.717) is 0 Å². The van der Waals surface area contributed by atoms with Crippen LogP contribution >= 0.6 is 7.49 Å². The van der Waals surface area contributed by atoms with Crippen molar-refractivity contribution in [3.63, 3.8) is 0 Å². The zero-order valence-electron chi connectivity index (χ0n) is 14.0. The minimum atomic E-state index is -5.51. The van der Waals surface area contributed by atoms with Crippen LogP contribution in [0.4, 0.5) is 13.2 Å². The van der Waals surface area contributed by atoms with E-state index < -0.39 is 23.1 Å². The fraction of sp³-hybridized carbons (Fsp3) is 1.00. The predicted octanol–water partition coefficient (Wildman–Crippen LogP) is 5.35. The van der Waals surface area contributed by atoms with Crippen LogP contribution in [0.3, 0.4) is 0 Å². The van der Waals surface area contributed by atoms with E-state index >= 15 is 0 Å². The van der Waals surface area contributed by atoms with Crippen LogP contribution < -0.4 is 0 Å². The molecule has 0 radical (unpaired) electrons. The van der Waals surface area contributed by atoms with Gasteiger partial charge in [0.25, 0.3) is 0 Å². The van der Waals surface area contributed by atoms with E-state index in [4.69, 9.17) is 3.97 Å². The predicted molar refractivity (Wildman–Crippen MR) is 91.1 cm³/mol. The summed E-state index contributed by atoms with van der Waals surface area (Å²) < 4.78 is 68.9. The monoisotopic (exact) mass is 388 g/mol. The Morgan fingerprint density at radius 1 is 0.708 bits per heavy atom. The zero-order chi connectivity index (χ0) is 17.4. The number of hydrogen-bond donors (Lipinski definition) is 0. The fourth-order valence-corrected chi connectivity index (χ4v) is 15.0. The van der Waals surface area contributed by atoms with Gasteiger partial charge in [0, 0.05) is 0 Å². The third kappa shape index (κ3) is 3.37. The zero-order valence-corrected chi connectivity index (χ0v) is 15.8. The normalized spacial score (nSPS) is 26.5. The molecule has 0 N–H and O–H groups in total. The molecule has 3 nitrogen and oxygen atoms in total. The quantitative estimate of drug-likeness (QED) is 0.471. The molecule has 0 amide bonds. The van der Waals surface area contributed by atoms with Crippen molar-refractivity contribution in [2.75, 3.05) is 0 Å². The van der Waals surface area contributed by atoms with Crippen LogP contribution in [0.25, 0.3) is 0 Å². The summed E-state index contributed by atoms with van der Waals surface area (Å²) in [6, 6.07) is 0. The summed E-state index contributed by atoms with van der Waals surface area (Å²) in [6.07, 6.45) is 11.1. The van der Waals surface area contributed by atoms with Gasteiger partial charge in [-0.3, -0.25) is 0 Å². The van der Waals surface area contributed by atoms with Crippen LogP contribution in [0.15, 0.2) is 0 Å².